The molecule has 2 saturated carbocycles. The molecule has 0 spiro atoms. The molecule has 2 nitrogen and oxygen atoms in total. The van der Waals surface area contributed by atoms with Gasteiger partial charge in [-0.15, -0.1) is 0 Å². The maximum Gasteiger partial charge on any atom is 0.0578 e. The van der Waals surface area contributed by atoms with Gasteiger partial charge in [-0.3, -0.25) is 0 Å². The summed E-state index contributed by atoms with van der Waals surface area (Å²) in [5.41, 5.74) is 0. The van der Waals surface area contributed by atoms with Crippen molar-refractivity contribution in [2.24, 2.45) is 23.7 Å². The van der Waals surface area contributed by atoms with E-state index in [0.29, 0.717) is 17.9 Å². The van der Waals surface area contributed by atoms with E-state index in [1.807, 2.05) is 0 Å². The van der Waals surface area contributed by atoms with Gasteiger partial charge in [-0.1, -0.05) is 20.8 Å². The third kappa shape index (κ3) is 3.71. The van der Waals surface area contributed by atoms with Crippen LogP contribution in [-0.2, 0) is 4.74 Å². The van der Waals surface area contributed by atoms with E-state index in [0.717, 1.165) is 37.7 Å². The first-order valence-corrected chi connectivity index (χ1v) is 7.86. The number of aliphatic hydroxyl groups excluding tert-OH is 1. The van der Waals surface area contributed by atoms with Crippen LogP contribution in [0.5, 0.6) is 0 Å². The summed E-state index contributed by atoms with van der Waals surface area (Å²) in [4.78, 5) is 0. The quantitative estimate of drug-likeness (QED) is 0.833. The zero-order valence-corrected chi connectivity index (χ0v) is 12.3. The van der Waals surface area contributed by atoms with Crippen LogP contribution in [-0.4, -0.2) is 23.9 Å². The lowest BCUT2D eigenvalue weighted by Gasteiger charge is -2.35. The molecule has 2 fully saturated rings. The van der Waals surface area contributed by atoms with Gasteiger partial charge in [0.2, 0.25) is 0 Å². The van der Waals surface area contributed by atoms with Crippen LogP contribution in [0.25, 0.3) is 0 Å². The molecule has 0 amide bonds. The van der Waals surface area contributed by atoms with Gasteiger partial charge in [0, 0.05) is 0 Å². The van der Waals surface area contributed by atoms with Gasteiger partial charge in [0.15, 0.2) is 0 Å². The Labute approximate surface area is 112 Å². The minimum Gasteiger partial charge on any atom is -0.393 e. The highest BCUT2D eigenvalue weighted by Gasteiger charge is 2.29. The van der Waals surface area contributed by atoms with Crippen LogP contribution < -0.4 is 0 Å². The molecule has 0 radical (unpaired) electrons. The van der Waals surface area contributed by atoms with Gasteiger partial charge in [0.1, 0.15) is 0 Å². The normalized spacial score (nSPS) is 46.0. The first-order chi connectivity index (χ1) is 8.56. The second kappa shape index (κ2) is 6.38. The Morgan fingerprint density at radius 1 is 0.889 bits per heavy atom. The maximum absolute atomic E-state index is 9.64. The third-order valence-electron chi connectivity index (χ3n) is 5.42. The second-order valence-corrected chi connectivity index (χ2v) is 6.93. The van der Waals surface area contributed by atoms with Crippen molar-refractivity contribution in [1.82, 2.24) is 0 Å². The molecule has 0 aromatic heterocycles. The van der Waals surface area contributed by atoms with Gasteiger partial charge >= 0.3 is 0 Å². The molecule has 0 aromatic carbocycles. The highest BCUT2D eigenvalue weighted by molar-refractivity contribution is 4.79. The van der Waals surface area contributed by atoms with E-state index < -0.39 is 0 Å². The van der Waals surface area contributed by atoms with Gasteiger partial charge in [0.05, 0.1) is 18.8 Å². The summed E-state index contributed by atoms with van der Waals surface area (Å²) in [6, 6.07) is 0. The highest BCUT2D eigenvalue weighted by atomic mass is 16.5. The van der Waals surface area contributed by atoms with Crippen molar-refractivity contribution in [3.8, 4) is 0 Å². The molecule has 2 aliphatic carbocycles. The predicted octanol–water partition coefficient (Wildman–Crippen LogP) is 3.62. The number of hydrogen-bond donors (Lipinski definition) is 1. The highest BCUT2D eigenvalue weighted by Crippen LogP contribution is 2.34. The zero-order valence-electron chi connectivity index (χ0n) is 12.3. The topological polar surface area (TPSA) is 29.5 Å². The summed E-state index contributed by atoms with van der Waals surface area (Å²) < 4.78 is 6.17. The Morgan fingerprint density at radius 2 is 1.67 bits per heavy atom. The van der Waals surface area contributed by atoms with Crippen LogP contribution in [0.15, 0.2) is 0 Å². The van der Waals surface area contributed by atoms with Gasteiger partial charge in [-0.05, 0) is 62.2 Å². The summed E-state index contributed by atoms with van der Waals surface area (Å²) >= 11 is 0. The molecule has 2 rings (SSSR count). The van der Waals surface area contributed by atoms with E-state index in [9.17, 15) is 5.11 Å². The lowest BCUT2D eigenvalue weighted by Crippen LogP contribution is -2.32. The summed E-state index contributed by atoms with van der Waals surface area (Å²) in [5, 5.41) is 9.64. The van der Waals surface area contributed by atoms with Crippen molar-refractivity contribution in [2.45, 2.75) is 71.5 Å². The van der Waals surface area contributed by atoms with Crippen LogP contribution in [0.4, 0.5) is 0 Å². The fourth-order valence-electron chi connectivity index (χ4n) is 3.59. The van der Waals surface area contributed by atoms with Gasteiger partial charge < -0.3 is 9.84 Å². The van der Waals surface area contributed by atoms with Crippen molar-refractivity contribution < 1.29 is 9.84 Å². The molecule has 0 aromatic rings. The Balaban J connectivity index is 1.71. The largest absolute Gasteiger partial charge is 0.393 e. The van der Waals surface area contributed by atoms with Crippen molar-refractivity contribution in [3.63, 3.8) is 0 Å². The number of rotatable bonds is 3. The molecule has 2 unspecified atom stereocenters. The van der Waals surface area contributed by atoms with Crippen molar-refractivity contribution in [2.75, 3.05) is 6.61 Å². The van der Waals surface area contributed by atoms with E-state index in [1.54, 1.807) is 0 Å². The summed E-state index contributed by atoms with van der Waals surface area (Å²) in [5.74, 6) is 2.97. The van der Waals surface area contributed by atoms with Crippen LogP contribution in [0, 0.1) is 23.7 Å². The van der Waals surface area contributed by atoms with E-state index in [-0.39, 0.29) is 6.10 Å². The third-order valence-corrected chi connectivity index (χ3v) is 5.42. The molecular weight excluding hydrogens is 224 g/mol. The minimum absolute atomic E-state index is 0.0631. The average Bonchev–Trinajstić information content (AvgIpc) is 2.32. The molecule has 1 N–H and O–H groups in total. The van der Waals surface area contributed by atoms with Crippen LogP contribution in [0.3, 0.4) is 0 Å². The Kier molecular flexibility index (Phi) is 5.08. The molecule has 0 aliphatic heterocycles. The molecule has 106 valence electrons. The molecular formula is C16H30O2. The SMILES string of the molecule is CC1C[C@@H](O)CC[C@@H]1CO[C@H]1CC[C@@H](C)C(C)C1. The summed E-state index contributed by atoms with van der Waals surface area (Å²) in [7, 11) is 0. The lowest BCUT2D eigenvalue weighted by atomic mass is 9.78. The van der Waals surface area contributed by atoms with E-state index >= 15 is 0 Å². The van der Waals surface area contributed by atoms with Gasteiger partial charge in [0.25, 0.3) is 0 Å². The molecule has 2 heteroatoms. The first-order valence-electron chi connectivity index (χ1n) is 7.86. The second-order valence-electron chi connectivity index (χ2n) is 6.93. The Hall–Kier alpha value is -0.0800. The monoisotopic (exact) mass is 254 g/mol. The van der Waals surface area contributed by atoms with Crippen LogP contribution in [0.1, 0.15) is 59.3 Å². The lowest BCUT2D eigenvalue weighted by molar-refractivity contribution is -0.0386. The van der Waals surface area contributed by atoms with Crippen molar-refractivity contribution in [3.05, 3.63) is 0 Å². The first kappa shape index (κ1) is 14.3. The van der Waals surface area contributed by atoms with Crippen LogP contribution >= 0.6 is 0 Å². The molecule has 0 heterocycles. The van der Waals surface area contributed by atoms with Crippen molar-refractivity contribution >= 4 is 0 Å². The minimum atomic E-state index is -0.0631. The standard InChI is InChI=1S/C16H30O2/c1-11-4-7-16(9-12(11)2)18-10-14-5-6-15(17)8-13(14)3/h11-17H,4-10H2,1-3H3/t11-,12?,13?,14-,15+,16+/m1/s1. The number of hydrogen-bond acceptors (Lipinski definition) is 2. The van der Waals surface area contributed by atoms with Crippen LogP contribution in [0.2, 0.25) is 0 Å². The smallest absolute Gasteiger partial charge is 0.0578 e. The molecule has 2 aliphatic rings. The van der Waals surface area contributed by atoms with E-state index in [2.05, 4.69) is 20.8 Å². The molecule has 6 atom stereocenters. The summed E-state index contributed by atoms with van der Waals surface area (Å²) in [6.45, 7) is 7.91. The Bertz CT molecular complexity index is 253. The zero-order chi connectivity index (χ0) is 13.1. The van der Waals surface area contributed by atoms with Crippen molar-refractivity contribution in [1.29, 1.82) is 0 Å². The van der Waals surface area contributed by atoms with Gasteiger partial charge in [-0.25, -0.2) is 0 Å². The Morgan fingerprint density at radius 3 is 2.33 bits per heavy atom. The molecule has 18 heavy (non-hydrogen) atoms. The fraction of sp³-hybridized carbons (Fsp3) is 1.00. The van der Waals surface area contributed by atoms with Gasteiger partial charge in [-0.2, -0.15) is 0 Å². The fourth-order valence-corrected chi connectivity index (χ4v) is 3.59. The molecule has 0 bridgehead atoms. The average molecular weight is 254 g/mol. The molecule has 0 saturated heterocycles. The number of ether oxygens (including phenoxy) is 1. The summed E-state index contributed by atoms with van der Waals surface area (Å²) in [6.07, 6.45) is 7.32. The maximum atomic E-state index is 9.64. The van der Waals surface area contributed by atoms with E-state index in [4.69, 9.17) is 4.74 Å². The van der Waals surface area contributed by atoms with E-state index in [1.165, 1.54) is 19.3 Å². The predicted molar refractivity (Wildman–Crippen MR) is 74.4 cm³/mol. The number of aliphatic hydroxyl groups is 1.